The molecule has 2 aliphatic heterocycles. The highest BCUT2D eigenvalue weighted by molar-refractivity contribution is 6.04. The predicted molar refractivity (Wildman–Crippen MR) is 144 cm³/mol. The minimum Gasteiger partial charge on any atom is -0.497 e. The van der Waals surface area contributed by atoms with Crippen molar-refractivity contribution in [2.24, 2.45) is 0 Å². The first-order valence-corrected chi connectivity index (χ1v) is 13.1. The van der Waals surface area contributed by atoms with Crippen LogP contribution in [0.25, 0.3) is 0 Å². The molecule has 0 bridgehead atoms. The third-order valence-electron chi connectivity index (χ3n) is 7.00. The predicted octanol–water partition coefficient (Wildman–Crippen LogP) is 4.44. The molecule has 0 saturated carbocycles. The van der Waals surface area contributed by atoms with E-state index in [0.29, 0.717) is 41.3 Å². The topological polar surface area (TPSA) is 106 Å². The molecule has 2 aliphatic rings. The van der Waals surface area contributed by atoms with Gasteiger partial charge in [-0.2, -0.15) is 0 Å². The van der Waals surface area contributed by atoms with E-state index in [0.717, 1.165) is 12.8 Å². The SMILES string of the molecule is COc1ccc(C(=O)Nc2ccc([C@@H]3OC(=O)N(Cc4ccc(F)cc4)[C@H]3C(=O)NC[C@@H]3CCCO3)cc2)cc1. The van der Waals surface area contributed by atoms with Crippen molar-refractivity contribution in [2.75, 3.05) is 25.6 Å². The van der Waals surface area contributed by atoms with Crippen molar-refractivity contribution in [3.8, 4) is 5.75 Å². The van der Waals surface area contributed by atoms with Gasteiger partial charge in [0.15, 0.2) is 12.1 Å². The highest BCUT2D eigenvalue weighted by Crippen LogP contribution is 2.34. The van der Waals surface area contributed by atoms with Gasteiger partial charge in [0.2, 0.25) is 5.91 Å². The summed E-state index contributed by atoms with van der Waals surface area (Å²) < 4.78 is 29.9. The van der Waals surface area contributed by atoms with Gasteiger partial charge in [-0.3, -0.25) is 14.5 Å². The van der Waals surface area contributed by atoms with Crippen LogP contribution in [0.15, 0.2) is 72.8 Å². The van der Waals surface area contributed by atoms with Crippen LogP contribution in [-0.2, 0) is 20.8 Å². The van der Waals surface area contributed by atoms with Gasteiger partial charge in [0.25, 0.3) is 5.91 Å². The Morgan fingerprint density at radius 1 is 1.02 bits per heavy atom. The van der Waals surface area contributed by atoms with Gasteiger partial charge in [-0.15, -0.1) is 0 Å². The summed E-state index contributed by atoms with van der Waals surface area (Å²) in [5, 5.41) is 5.74. The first kappa shape index (κ1) is 27.1. The second-order valence-corrected chi connectivity index (χ2v) is 9.69. The highest BCUT2D eigenvalue weighted by Gasteiger charge is 2.47. The fraction of sp³-hybridized carbons (Fsp3) is 0.300. The molecule has 3 aromatic carbocycles. The lowest BCUT2D eigenvalue weighted by Gasteiger charge is -2.25. The minimum absolute atomic E-state index is 0.0698. The Morgan fingerprint density at radius 2 is 1.75 bits per heavy atom. The Hall–Kier alpha value is -4.44. The minimum atomic E-state index is -0.960. The van der Waals surface area contributed by atoms with Crippen LogP contribution >= 0.6 is 0 Å². The second kappa shape index (κ2) is 12.2. The molecule has 0 aliphatic carbocycles. The van der Waals surface area contributed by atoms with E-state index in [2.05, 4.69) is 10.6 Å². The van der Waals surface area contributed by atoms with Crippen molar-refractivity contribution in [1.29, 1.82) is 0 Å². The number of ether oxygens (including phenoxy) is 3. The normalized spacial score (nSPS) is 20.2. The average Bonchev–Trinajstić information content (AvgIpc) is 3.61. The van der Waals surface area contributed by atoms with Gasteiger partial charge in [0, 0.05) is 24.4 Å². The van der Waals surface area contributed by atoms with Gasteiger partial charge in [0.1, 0.15) is 11.6 Å². The number of benzene rings is 3. The van der Waals surface area contributed by atoms with E-state index in [1.165, 1.54) is 17.0 Å². The van der Waals surface area contributed by atoms with Crippen LogP contribution in [0.3, 0.4) is 0 Å². The molecule has 2 N–H and O–H groups in total. The van der Waals surface area contributed by atoms with Crippen molar-refractivity contribution in [3.63, 3.8) is 0 Å². The number of carbonyl (C=O) groups is 3. The number of carbonyl (C=O) groups excluding carboxylic acids is 3. The lowest BCUT2D eigenvalue weighted by atomic mass is 10.00. The summed E-state index contributed by atoms with van der Waals surface area (Å²) in [6.45, 7) is 1.06. The lowest BCUT2D eigenvalue weighted by molar-refractivity contribution is -0.126. The third kappa shape index (κ3) is 6.23. The van der Waals surface area contributed by atoms with Crippen molar-refractivity contribution in [1.82, 2.24) is 10.2 Å². The van der Waals surface area contributed by atoms with Gasteiger partial charge in [-0.1, -0.05) is 24.3 Å². The molecule has 0 unspecified atom stereocenters. The molecular formula is C30H30FN3O6. The van der Waals surface area contributed by atoms with E-state index in [9.17, 15) is 18.8 Å². The van der Waals surface area contributed by atoms with Crippen LogP contribution in [0.5, 0.6) is 5.75 Å². The maximum absolute atomic E-state index is 13.4. The molecule has 2 heterocycles. The summed E-state index contributed by atoms with van der Waals surface area (Å²) >= 11 is 0. The van der Waals surface area contributed by atoms with Crippen molar-refractivity contribution >= 4 is 23.6 Å². The zero-order valence-electron chi connectivity index (χ0n) is 22.0. The van der Waals surface area contributed by atoms with E-state index >= 15 is 0 Å². The summed E-state index contributed by atoms with van der Waals surface area (Å²) in [4.78, 5) is 40.4. The molecule has 2 saturated heterocycles. The van der Waals surface area contributed by atoms with Crippen LogP contribution in [0.4, 0.5) is 14.9 Å². The largest absolute Gasteiger partial charge is 0.497 e. The van der Waals surface area contributed by atoms with Gasteiger partial charge < -0.3 is 24.8 Å². The van der Waals surface area contributed by atoms with Gasteiger partial charge in [0.05, 0.1) is 19.8 Å². The quantitative estimate of drug-likeness (QED) is 0.410. The molecule has 0 spiro atoms. The first-order valence-electron chi connectivity index (χ1n) is 13.1. The fourth-order valence-corrected chi connectivity index (χ4v) is 4.82. The van der Waals surface area contributed by atoms with E-state index in [1.807, 2.05) is 0 Å². The molecule has 3 atom stereocenters. The Labute approximate surface area is 231 Å². The second-order valence-electron chi connectivity index (χ2n) is 9.69. The molecule has 40 heavy (non-hydrogen) atoms. The Morgan fingerprint density at radius 3 is 2.40 bits per heavy atom. The van der Waals surface area contributed by atoms with Gasteiger partial charge in [-0.05, 0) is 72.5 Å². The van der Waals surface area contributed by atoms with Crippen molar-refractivity contribution < 1.29 is 33.0 Å². The number of hydrogen-bond acceptors (Lipinski definition) is 6. The fourth-order valence-electron chi connectivity index (χ4n) is 4.82. The molecule has 0 radical (unpaired) electrons. The monoisotopic (exact) mass is 547 g/mol. The van der Waals surface area contributed by atoms with Crippen LogP contribution in [0.2, 0.25) is 0 Å². The molecule has 2 fully saturated rings. The van der Waals surface area contributed by atoms with Crippen molar-refractivity contribution in [2.45, 2.75) is 37.6 Å². The number of hydrogen-bond donors (Lipinski definition) is 2. The van der Waals surface area contributed by atoms with E-state index in [-0.39, 0.29) is 24.5 Å². The standard InChI is InChI=1S/C30H30FN3O6/c1-38-24-14-8-21(9-15-24)28(35)33-23-12-6-20(7-13-23)27-26(29(36)32-17-25-3-2-16-39-25)34(30(37)40-27)18-19-4-10-22(31)11-5-19/h4-15,25-27H,2-3,16-18H2,1H3,(H,32,36)(H,33,35)/t25-,26+,27-/m0/s1. The van der Waals surface area contributed by atoms with E-state index in [1.54, 1.807) is 67.8 Å². The Kier molecular flexibility index (Phi) is 8.26. The Bertz CT molecular complexity index is 1340. The summed E-state index contributed by atoms with van der Waals surface area (Å²) in [7, 11) is 1.55. The maximum atomic E-state index is 13.4. The van der Waals surface area contributed by atoms with Crippen LogP contribution < -0.4 is 15.4 Å². The molecule has 3 aromatic rings. The number of anilines is 1. The number of rotatable bonds is 9. The molecule has 10 heteroatoms. The highest BCUT2D eigenvalue weighted by atomic mass is 19.1. The Balaban J connectivity index is 1.32. The molecule has 3 amide bonds. The molecule has 0 aromatic heterocycles. The van der Waals surface area contributed by atoms with Crippen LogP contribution in [0.1, 0.15) is 40.4 Å². The summed E-state index contributed by atoms with van der Waals surface area (Å²) in [6.07, 6.45) is 0.186. The summed E-state index contributed by atoms with van der Waals surface area (Å²) in [6, 6.07) is 18.3. The summed E-state index contributed by atoms with van der Waals surface area (Å²) in [5.74, 6) is -0.407. The summed E-state index contributed by atoms with van der Waals surface area (Å²) in [5.41, 5.74) is 2.26. The number of cyclic esters (lactones) is 1. The molecule has 5 rings (SSSR count). The molecular weight excluding hydrogens is 517 g/mol. The molecule has 9 nitrogen and oxygen atoms in total. The first-order chi connectivity index (χ1) is 19.4. The van der Waals surface area contributed by atoms with Crippen LogP contribution in [0, 0.1) is 5.82 Å². The van der Waals surface area contributed by atoms with E-state index in [4.69, 9.17) is 14.2 Å². The third-order valence-corrected chi connectivity index (χ3v) is 7.00. The molecule has 208 valence electrons. The average molecular weight is 548 g/mol. The number of nitrogens with zero attached hydrogens (tertiary/aromatic N) is 1. The van der Waals surface area contributed by atoms with Crippen LogP contribution in [-0.4, -0.2) is 55.2 Å². The van der Waals surface area contributed by atoms with Gasteiger partial charge >= 0.3 is 6.09 Å². The smallest absolute Gasteiger partial charge is 0.411 e. The zero-order valence-corrected chi connectivity index (χ0v) is 22.0. The van der Waals surface area contributed by atoms with E-state index < -0.39 is 24.1 Å². The lowest BCUT2D eigenvalue weighted by Crippen LogP contribution is -2.47. The number of amides is 3. The zero-order chi connectivity index (χ0) is 28.1. The van der Waals surface area contributed by atoms with Crippen molar-refractivity contribution in [3.05, 3.63) is 95.3 Å². The maximum Gasteiger partial charge on any atom is 0.411 e. The number of nitrogens with one attached hydrogen (secondary N) is 2. The number of halogens is 1. The number of methoxy groups -OCH3 is 1. The van der Waals surface area contributed by atoms with Gasteiger partial charge in [-0.25, -0.2) is 9.18 Å².